The molecule has 0 amide bonds. The van der Waals surface area contributed by atoms with Crippen molar-refractivity contribution < 1.29 is 8.42 Å². The van der Waals surface area contributed by atoms with Crippen molar-refractivity contribution in [2.24, 2.45) is 10.4 Å². The molecule has 2 N–H and O–H groups in total. The van der Waals surface area contributed by atoms with Gasteiger partial charge in [-0.1, -0.05) is 38.0 Å². The lowest BCUT2D eigenvalue weighted by Crippen LogP contribution is -2.44. The molecule has 0 saturated heterocycles. The molecule has 5 nitrogen and oxygen atoms in total. The topological polar surface area (TPSA) is 70.6 Å². The first-order chi connectivity index (χ1) is 11.5. The molecule has 7 heteroatoms. The molecule has 0 heterocycles. The van der Waals surface area contributed by atoms with Crippen LogP contribution in [0.3, 0.4) is 0 Å². The molecule has 0 aliphatic heterocycles. The maximum atomic E-state index is 12.3. The van der Waals surface area contributed by atoms with Gasteiger partial charge in [-0.15, -0.1) is 24.0 Å². The highest BCUT2D eigenvalue weighted by atomic mass is 127. The average molecular weight is 479 g/mol. The SMILES string of the molecule is CCC1(CNC(=NC)NCCS(=O)(=O)c2ccccc2)CCCC1.I. The minimum absolute atomic E-state index is 0. The highest BCUT2D eigenvalue weighted by Gasteiger charge is 2.31. The summed E-state index contributed by atoms with van der Waals surface area (Å²) in [6.45, 7) is 3.49. The molecule has 1 saturated carbocycles. The normalized spacial score (nSPS) is 17.0. The number of nitrogens with zero attached hydrogens (tertiary/aromatic N) is 1. The molecule has 1 aliphatic carbocycles. The van der Waals surface area contributed by atoms with Crippen molar-refractivity contribution in [1.29, 1.82) is 0 Å². The monoisotopic (exact) mass is 479 g/mol. The van der Waals surface area contributed by atoms with Gasteiger partial charge in [0.15, 0.2) is 15.8 Å². The first kappa shape index (κ1) is 22.2. The van der Waals surface area contributed by atoms with Crippen LogP contribution in [0.1, 0.15) is 39.0 Å². The molecule has 1 fully saturated rings. The molecular weight excluding hydrogens is 449 g/mol. The van der Waals surface area contributed by atoms with E-state index in [1.807, 2.05) is 6.07 Å². The minimum atomic E-state index is -3.26. The molecular formula is C18H30IN3O2S. The molecule has 2 rings (SSSR count). The molecule has 1 aromatic rings. The second-order valence-corrected chi connectivity index (χ2v) is 8.65. The molecule has 0 radical (unpaired) electrons. The molecule has 25 heavy (non-hydrogen) atoms. The Bertz CT molecular complexity index is 642. The smallest absolute Gasteiger partial charge is 0.191 e. The third-order valence-electron chi connectivity index (χ3n) is 5.03. The van der Waals surface area contributed by atoms with Crippen molar-refractivity contribution in [2.75, 3.05) is 25.9 Å². The largest absolute Gasteiger partial charge is 0.356 e. The summed E-state index contributed by atoms with van der Waals surface area (Å²) in [6.07, 6.45) is 6.29. The van der Waals surface area contributed by atoms with E-state index >= 15 is 0 Å². The third-order valence-corrected chi connectivity index (χ3v) is 6.77. The Kier molecular flexibility index (Phi) is 9.20. The molecule has 0 spiro atoms. The fourth-order valence-electron chi connectivity index (χ4n) is 3.32. The highest BCUT2D eigenvalue weighted by molar-refractivity contribution is 14.0. The van der Waals surface area contributed by atoms with Crippen molar-refractivity contribution in [3.63, 3.8) is 0 Å². The van der Waals surface area contributed by atoms with Crippen molar-refractivity contribution in [2.45, 2.75) is 43.9 Å². The Morgan fingerprint density at radius 1 is 1.16 bits per heavy atom. The van der Waals surface area contributed by atoms with Crippen molar-refractivity contribution >= 4 is 39.8 Å². The summed E-state index contributed by atoms with van der Waals surface area (Å²) in [5, 5.41) is 6.49. The number of hydrogen-bond acceptors (Lipinski definition) is 3. The second-order valence-electron chi connectivity index (χ2n) is 6.55. The highest BCUT2D eigenvalue weighted by Crippen LogP contribution is 2.40. The van der Waals surface area contributed by atoms with Gasteiger partial charge in [0.05, 0.1) is 10.6 Å². The number of nitrogens with one attached hydrogen (secondary N) is 2. The molecule has 1 aromatic carbocycles. The summed E-state index contributed by atoms with van der Waals surface area (Å²) in [5.41, 5.74) is 0.369. The molecule has 0 aromatic heterocycles. The van der Waals surface area contributed by atoms with Gasteiger partial charge < -0.3 is 10.6 Å². The van der Waals surface area contributed by atoms with E-state index in [1.165, 1.54) is 32.1 Å². The van der Waals surface area contributed by atoms with Crippen LogP contribution in [0.2, 0.25) is 0 Å². The van der Waals surface area contributed by atoms with Crippen LogP contribution in [0.5, 0.6) is 0 Å². The van der Waals surface area contributed by atoms with E-state index in [9.17, 15) is 8.42 Å². The lowest BCUT2D eigenvalue weighted by atomic mass is 9.83. The van der Waals surface area contributed by atoms with E-state index in [2.05, 4.69) is 22.5 Å². The number of aliphatic imine (C=N–C) groups is 1. The zero-order chi connectivity index (χ0) is 17.5. The van der Waals surface area contributed by atoms with Crippen LogP contribution < -0.4 is 10.6 Å². The van der Waals surface area contributed by atoms with Crippen LogP contribution in [0, 0.1) is 5.41 Å². The lowest BCUT2D eigenvalue weighted by molar-refractivity contribution is 0.283. The number of rotatable bonds is 7. The third kappa shape index (κ3) is 6.44. The van der Waals surface area contributed by atoms with Crippen molar-refractivity contribution in [3.8, 4) is 0 Å². The predicted molar refractivity (Wildman–Crippen MR) is 114 cm³/mol. The predicted octanol–water partition coefficient (Wildman–Crippen LogP) is 3.21. The molecule has 0 atom stereocenters. The number of hydrogen-bond donors (Lipinski definition) is 2. The Morgan fingerprint density at radius 2 is 1.80 bits per heavy atom. The van der Waals surface area contributed by atoms with Crippen molar-refractivity contribution in [1.82, 2.24) is 10.6 Å². The quantitative estimate of drug-likeness (QED) is 0.358. The number of halogens is 1. The molecule has 0 bridgehead atoms. The summed E-state index contributed by atoms with van der Waals surface area (Å²) >= 11 is 0. The Morgan fingerprint density at radius 3 is 2.36 bits per heavy atom. The van der Waals surface area contributed by atoms with Crippen LogP contribution in [-0.4, -0.2) is 40.3 Å². The summed E-state index contributed by atoms with van der Waals surface area (Å²) in [5.74, 6) is 0.731. The van der Waals surface area contributed by atoms with Gasteiger partial charge in [-0.3, -0.25) is 4.99 Å². The van der Waals surface area contributed by atoms with E-state index in [-0.39, 0.29) is 29.7 Å². The van der Waals surface area contributed by atoms with Crippen LogP contribution in [0.15, 0.2) is 40.2 Å². The average Bonchev–Trinajstić information content (AvgIpc) is 3.08. The van der Waals surface area contributed by atoms with Crippen molar-refractivity contribution in [3.05, 3.63) is 30.3 Å². The van der Waals surface area contributed by atoms with Gasteiger partial charge in [0.25, 0.3) is 0 Å². The summed E-state index contributed by atoms with van der Waals surface area (Å²) in [4.78, 5) is 4.57. The standard InChI is InChI=1S/C18H29N3O2S.HI/c1-3-18(11-7-8-12-18)15-21-17(19-2)20-13-14-24(22,23)16-9-5-4-6-10-16;/h4-6,9-10H,3,7-8,11-15H2,1-2H3,(H2,19,20,21);1H. The number of guanidine groups is 1. The van der Waals surface area contributed by atoms with Crippen LogP contribution in [0.4, 0.5) is 0 Å². The van der Waals surface area contributed by atoms with Crippen LogP contribution >= 0.6 is 24.0 Å². The molecule has 1 aliphatic rings. The summed E-state index contributed by atoms with van der Waals surface area (Å²) < 4.78 is 24.5. The van der Waals surface area contributed by atoms with E-state index in [1.54, 1.807) is 31.3 Å². The summed E-state index contributed by atoms with van der Waals surface area (Å²) in [6, 6.07) is 8.57. The number of benzene rings is 1. The molecule has 0 unspecified atom stereocenters. The van der Waals surface area contributed by atoms with Gasteiger partial charge in [-0.05, 0) is 36.8 Å². The Balaban J connectivity index is 0.00000312. The van der Waals surface area contributed by atoms with Gasteiger partial charge in [0, 0.05) is 20.1 Å². The lowest BCUT2D eigenvalue weighted by Gasteiger charge is -2.28. The van der Waals surface area contributed by atoms with Gasteiger partial charge in [-0.25, -0.2) is 8.42 Å². The van der Waals surface area contributed by atoms with Gasteiger partial charge in [-0.2, -0.15) is 0 Å². The number of sulfone groups is 1. The van der Waals surface area contributed by atoms with Crippen LogP contribution in [0.25, 0.3) is 0 Å². The Hall–Kier alpha value is -0.830. The zero-order valence-corrected chi connectivity index (χ0v) is 18.3. The van der Waals surface area contributed by atoms with Crippen LogP contribution in [-0.2, 0) is 9.84 Å². The minimum Gasteiger partial charge on any atom is -0.356 e. The fourth-order valence-corrected chi connectivity index (χ4v) is 4.50. The Labute approximate surface area is 169 Å². The maximum Gasteiger partial charge on any atom is 0.191 e. The summed E-state index contributed by atoms with van der Waals surface area (Å²) in [7, 11) is -1.54. The zero-order valence-electron chi connectivity index (χ0n) is 15.1. The van der Waals surface area contributed by atoms with E-state index in [4.69, 9.17) is 0 Å². The van der Waals surface area contributed by atoms with E-state index in [0.29, 0.717) is 22.8 Å². The molecule has 142 valence electrons. The van der Waals surface area contributed by atoms with E-state index < -0.39 is 9.84 Å². The fraction of sp³-hybridized carbons (Fsp3) is 0.611. The first-order valence-electron chi connectivity index (χ1n) is 8.74. The maximum absolute atomic E-state index is 12.3. The second kappa shape index (κ2) is 10.4. The van der Waals surface area contributed by atoms with Gasteiger partial charge in [0.1, 0.15) is 0 Å². The van der Waals surface area contributed by atoms with Gasteiger partial charge >= 0.3 is 0 Å². The first-order valence-corrected chi connectivity index (χ1v) is 10.4. The van der Waals surface area contributed by atoms with Gasteiger partial charge in [0.2, 0.25) is 0 Å². The van der Waals surface area contributed by atoms with E-state index in [0.717, 1.165) is 6.54 Å².